The maximum absolute atomic E-state index is 11.5. The molecule has 6 nitrogen and oxygen atoms in total. The lowest BCUT2D eigenvalue weighted by atomic mass is 10.3. The van der Waals surface area contributed by atoms with Crippen molar-refractivity contribution in [3.8, 4) is 0 Å². The number of benzene rings is 1. The number of aliphatic hydroxyl groups excluding tert-OH is 1. The average Bonchev–Trinajstić information content (AvgIpc) is 2.56. The summed E-state index contributed by atoms with van der Waals surface area (Å²) in [6.45, 7) is 3.86. The minimum atomic E-state index is -3.27. The zero-order valence-corrected chi connectivity index (χ0v) is 16.4. The second-order valence-corrected chi connectivity index (χ2v) is 8.64. The van der Waals surface area contributed by atoms with Crippen LogP contribution in [-0.4, -0.2) is 44.1 Å². The molecule has 25 heavy (non-hydrogen) atoms. The maximum Gasteiger partial charge on any atom is 0.175 e. The largest absolute Gasteiger partial charge is 0.491 e. The van der Waals surface area contributed by atoms with Crippen molar-refractivity contribution in [2.75, 3.05) is 24.6 Å². The highest BCUT2D eigenvalue weighted by molar-refractivity contribution is 8.10. The fourth-order valence-corrected chi connectivity index (χ4v) is 3.24. The smallest absolute Gasteiger partial charge is 0.175 e. The standard InChI is InChI=1S/C17H25NO5S2/c1-5-8-16(6-2)22-12-15(19)13-24(3)23-18-14-9-7-10-17(11-14)25(4,20)21/h5-11,13,15,18-19H,12H2,1-4H3. The van der Waals surface area contributed by atoms with Crippen LogP contribution in [-0.2, 0) is 18.9 Å². The highest BCUT2D eigenvalue weighted by Gasteiger charge is 2.07. The Morgan fingerprint density at radius 3 is 2.72 bits per heavy atom. The molecular formula is C17H25NO5S2. The summed E-state index contributed by atoms with van der Waals surface area (Å²) in [5.74, 6) is 0.683. The van der Waals surface area contributed by atoms with E-state index in [0.29, 0.717) is 11.4 Å². The Labute approximate surface area is 152 Å². The lowest BCUT2D eigenvalue weighted by Crippen LogP contribution is -2.17. The fourth-order valence-electron chi connectivity index (χ4n) is 1.77. The van der Waals surface area contributed by atoms with Crippen molar-refractivity contribution in [1.82, 2.24) is 0 Å². The van der Waals surface area contributed by atoms with E-state index < -0.39 is 26.7 Å². The van der Waals surface area contributed by atoms with E-state index in [0.717, 1.165) is 6.26 Å². The summed E-state index contributed by atoms with van der Waals surface area (Å²) in [5, 5.41) is 11.6. The van der Waals surface area contributed by atoms with Crippen LogP contribution in [0.4, 0.5) is 5.69 Å². The Kier molecular flexibility index (Phi) is 8.91. The van der Waals surface area contributed by atoms with Gasteiger partial charge in [0, 0.05) is 12.5 Å². The Hall–Kier alpha value is -1.61. The van der Waals surface area contributed by atoms with E-state index in [4.69, 9.17) is 9.02 Å². The molecule has 0 heterocycles. The topological polar surface area (TPSA) is 84.9 Å². The van der Waals surface area contributed by atoms with E-state index in [1.807, 2.05) is 32.1 Å². The highest BCUT2D eigenvalue weighted by atomic mass is 32.2. The van der Waals surface area contributed by atoms with Crippen molar-refractivity contribution in [3.63, 3.8) is 0 Å². The van der Waals surface area contributed by atoms with Gasteiger partial charge in [0.25, 0.3) is 0 Å². The van der Waals surface area contributed by atoms with Crippen LogP contribution in [0.5, 0.6) is 0 Å². The van der Waals surface area contributed by atoms with Crippen LogP contribution < -0.4 is 5.48 Å². The quantitative estimate of drug-likeness (QED) is 0.293. The lowest BCUT2D eigenvalue weighted by molar-refractivity contribution is 0.121. The van der Waals surface area contributed by atoms with Crippen LogP contribution in [0.15, 0.2) is 53.1 Å². The summed E-state index contributed by atoms with van der Waals surface area (Å²) in [6.07, 6.45) is 7.61. The Balaban J connectivity index is 2.58. The molecule has 2 unspecified atom stereocenters. The van der Waals surface area contributed by atoms with Crippen molar-refractivity contribution in [2.45, 2.75) is 24.8 Å². The highest BCUT2D eigenvalue weighted by Crippen LogP contribution is 2.18. The predicted molar refractivity (Wildman–Crippen MR) is 104 cm³/mol. The number of hydrogen-bond donors (Lipinski definition) is 2. The zero-order valence-electron chi connectivity index (χ0n) is 14.8. The second kappa shape index (κ2) is 10.4. The van der Waals surface area contributed by atoms with Crippen LogP contribution in [0.3, 0.4) is 0 Å². The molecule has 0 radical (unpaired) electrons. The van der Waals surface area contributed by atoms with Gasteiger partial charge < -0.3 is 9.84 Å². The number of aliphatic hydroxyl groups is 1. The number of nitrogens with one attached hydrogen (secondary N) is 1. The van der Waals surface area contributed by atoms with Crippen molar-refractivity contribution in [3.05, 3.63) is 48.3 Å². The van der Waals surface area contributed by atoms with Gasteiger partial charge in [-0.2, -0.15) is 0 Å². The number of allylic oxidation sites excluding steroid dienone is 3. The van der Waals surface area contributed by atoms with Gasteiger partial charge in [-0.05, 0) is 60.3 Å². The number of ether oxygens (including phenoxy) is 1. The summed E-state index contributed by atoms with van der Waals surface area (Å²) >= 11 is 0. The number of sulfone groups is 1. The third kappa shape index (κ3) is 8.35. The SMILES string of the molecule is CC=CC(=CC)OCC(O)C=S(C)ONc1cccc(S(C)(=O)=O)c1. The molecule has 0 saturated carbocycles. The fraction of sp³-hybridized carbons (Fsp3) is 0.353. The van der Waals surface area contributed by atoms with Crippen molar-refractivity contribution in [2.24, 2.45) is 0 Å². The van der Waals surface area contributed by atoms with E-state index in [1.54, 1.807) is 23.8 Å². The zero-order chi connectivity index (χ0) is 18.9. The van der Waals surface area contributed by atoms with E-state index in [2.05, 4.69) is 5.48 Å². The van der Waals surface area contributed by atoms with Crippen molar-refractivity contribution < 1.29 is 22.5 Å². The first-order valence-corrected chi connectivity index (χ1v) is 11.1. The van der Waals surface area contributed by atoms with Gasteiger partial charge >= 0.3 is 0 Å². The third-order valence-electron chi connectivity index (χ3n) is 2.94. The van der Waals surface area contributed by atoms with Crippen LogP contribution in [0, 0.1) is 0 Å². The van der Waals surface area contributed by atoms with Gasteiger partial charge in [-0.25, -0.2) is 12.7 Å². The molecule has 0 spiro atoms. The molecule has 0 aliphatic heterocycles. The summed E-state index contributed by atoms with van der Waals surface area (Å²) in [7, 11) is -3.98. The number of hydrogen-bond acceptors (Lipinski definition) is 6. The van der Waals surface area contributed by atoms with Gasteiger partial charge in [-0.15, -0.1) is 0 Å². The molecule has 0 aromatic heterocycles. The van der Waals surface area contributed by atoms with Gasteiger partial charge in [0.2, 0.25) is 0 Å². The first-order valence-electron chi connectivity index (χ1n) is 7.59. The minimum absolute atomic E-state index is 0.119. The minimum Gasteiger partial charge on any atom is -0.491 e. The van der Waals surface area contributed by atoms with Gasteiger partial charge in [-0.3, -0.25) is 5.48 Å². The first kappa shape index (κ1) is 21.4. The van der Waals surface area contributed by atoms with Crippen molar-refractivity contribution in [1.29, 1.82) is 0 Å². The first-order chi connectivity index (χ1) is 11.8. The molecule has 140 valence electrons. The molecule has 1 rings (SSSR count). The molecule has 2 atom stereocenters. The van der Waals surface area contributed by atoms with E-state index in [-0.39, 0.29) is 11.5 Å². The van der Waals surface area contributed by atoms with Crippen LogP contribution in [0.25, 0.3) is 0 Å². The Bertz CT molecular complexity index is 754. The molecule has 0 saturated heterocycles. The molecular weight excluding hydrogens is 362 g/mol. The van der Waals surface area contributed by atoms with Gasteiger partial charge in [-0.1, -0.05) is 12.1 Å². The molecule has 0 fully saturated rings. The van der Waals surface area contributed by atoms with E-state index in [1.165, 1.54) is 12.1 Å². The van der Waals surface area contributed by atoms with Gasteiger partial charge in [0.1, 0.15) is 18.5 Å². The van der Waals surface area contributed by atoms with E-state index in [9.17, 15) is 13.5 Å². The van der Waals surface area contributed by atoms with Crippen molar-refractivity contribution >= 4 is 31.7 Å². The molecule has 8 heteroatoms. The normalized spacial score (nSPS) is 15.3. The monoisotopic (exact) mass is 387 g/mol. The Morgan fingerprint density at radius 1 is 1.40 bits per heavy atom. The summed E-state index contributed by atoms with van der Waals surface area (Å²) in [6, 6.07) is 6.33. The predicted octanol–water partition coefficient (Wildman–Crippen LogP) is 2.91. The second-order valence-electron chi connectivity index (χ2n) is 5.19. The average molecular weight is 388 g/mol. The molecule has 1 aromatic rings. The van der Waals surface area contributed by atoms with Crippen LogP contribution in [0.1, 0.15) is 13.8 Å². The lowest BCUT2D eigenvalue weighted by Gasteiger charge is -2.12. The molecule has 1 aromatic carbocycles. The molecule has 0 aliphatic rings. The third-order valence-corrected chi connectivity index (χ3v) is 5.09. The van der Waals surface area contributed by atoms with Crippen LogP contribution in [0.2, 0.25) is 0 Å². The molecule has 0 aliphatic carbocycles. The van der Waals surface area contributed by atoms with Gasteiger partial charge in [0.15, 0.2) is 9.84 Å². The maximum atomic E-state index is 11.5. The Morgan fingerprint density at radius 2 is 2.12 bits per heavy atom. The van der Waals surface area contributed by atoms with Gasteiger partial charge in [0.05, 0.1) is 10.6 Å². The molecule has 0 bridgehead atoms. The summed E-state index contributed by atoms with van der Waals surface area (Å²) in [4.78, 5) is 0.206. The number of anilines is 1. The number of rotatable bonds is 9. The summed E-state index contributed by atoms with van der Waals surface area (Å²) in [5.41, 5.74) is 3.22. The van der Waals surface area contributed by atoms with Crippen LogP contribution >= 0.6 is 10.8 Å². The summed E-state index contributed by atoms with van der Waals surface area (Å²) < 4.78 is 34.0. The van der Waals surface area contributed by atoms with E-state index >= 15 is 0 Å². The molecule has 0 amide bonds. The molecule has 2 N–H and O–H groups in total.